The third kappa shape index (κ3) is 4.89. The van der Waals surface area contributed by atoms with Gasteiger partial charge in [0.05, 0.1) is 11.9 Å². The van der Waals surface area contributed by atoms with E-state index in [0.717, 1.165) is 30.6 Å². The number of carbonyl (C=O) groups excluding carboxylic acids is 1. The first-order valence-corrected chi connectivity index (χ1v) is 5.65. The van der Waals surface area contributed by atoms with Gasteiger partial charge < -0.3 is 11.1 Å². The first-order valence-electron chi connectivity index (χ1n) is 5.65. The lowest BCUT2D eigenvalue weighted by Gasteiger charge is -2.04. The van der Waals surface area contributed by atoms with Crippen molar-refractivity contribution in [2.24, 2.45) is 5.73 Å². The molecule has 0 aliphatic rings. The number of aromatic nitrogens is 1. The minimum atomic E-state index is 0.0441. The zero-order valence-corrected chi connectivity index (χ0v) is 9.70. The van der Waals surface area contributed by atoms with Gasteiger partial charge in [-0.3, -0.25) is 9.78 Å². The number of nitrogens with one attached hydrogen (secondary N) is 1. The molecule has 1 amide bonds. The second-order valence-electron chi connectivity index (χ2n) is 3.84. The summed E-state index contributed by atoms with van der Waals surface area (Å²) in [5, 5.41) is 2.81. The number of aryl methyl sites for hydroxylation is 1. The Labute approximate surface area is 96.3 Å². The number of carbonyl (C=O) groups is 1. The van der Waals surface area contributed by atoms with Crippen molar-refractivity contribution in [2.75, 3.05) is 11.9 Å². The molecule has 0 saturated carbocycles. The maximum atomic E-state index is 11.5. The van der Waals surface area contributed by atoms with Crippen molar-refractivity contribution >= 4 is 11.6 Å². The zero-order chi connectivity index (χ0) is 11.8. The van der Waals surface area contributed by atoms with Gasteiger partial charge in [-0.25, -0.2) is 0 Å². The molecule has 0 saturated heterocycles. The fourth-order valence-corrected chi connectivity index (χ4v) is 1.37. The van der Waals surface area contributed by atoms with E-state index in [-0.39, 0.29) is 5.91 Å². The molecule has 0 aromatic carbocycles. The van der Waals surface area contributed by atoms with Gasteiger partial charge >= 0.3 is 0 Å². The maximum absolute atomic E-state index is 11.5. The summed E-state index contributed by atoms with van der Waals surface area (Å²) < 4.78 is 0. The van der Waals surface area contributed by atoms with Crippen LogP contribution in [0.2, 0.25) is 0 Å². The fraction of sp³-hybridized carbons (Fsp3) is 0.500. The highest BCUT2D eigenvalue weighted by Gasteiger charge is 2.01. The summed E-state index contributed by atoms with van der Waals surface area (Å²) in [6, 6.07) is 3.74. The lowest BCUT2D eigenvalue weighted by atomic mass is 10.2. The number of unbranched alkanes of at least 4 members (excludes halogenated alkanes) is 2. The largest absolute Gasteiger partial charge is 0.330 e. The Hall–Kier alpha value is -1.42. The Morgan fingerprint density at radius 3 is 2.81 bits per heavy atom. The molecule has 0 radical (unpaired) electrons. The van der Waals surface area contributed by atoms with Gasteiger partial charge in [0.15, 0.2) is 0 Å². The van der Waals surface area contributed by atoms with E-state index in [1.54, 1.807) is 6.20 Å². The van der Waals surface area contributed by atoms with Crippen LogP contribution in [0.25, 0.3) is 0 Å². The van der Waals surface area contributed by atoms with Gasteiger partial charge in [0.1, 0.15) is 0 Å². The van der Waals surface area contributed by atoms with Crippen LogP contribution in [0.4, 0.5) is 5.69 Å². The second kappa shape index (κ2) is 6.95. The Bertz CT molecular complexity index is 322. The molecule has 1 rings (SSSR count). The Balaban J connectivity index is 2.26. The van der Waals surface area contributed by atoms with Gasteiger partial charge in [0.25, 0.3) is 0 Å². The van der Waals surface area contributed by atoms with Crippen LogP contribution in [0.1, 0.15) is 31.4 Å². The summed E-state index contributed by atoms with van der Waals surface area (Å²) in [6.07, 6.45) is 5.11. The summed E-state index contributed by atoms with van der Waals surface area (Å²) in [5.74, 6) is 0.0441. The van der Waals surface area contributed by atoms with Crippen LogP contribution in [-0.4, -0.2) is 17.4 Å². The predicted molar refractivity (Wildman–Crippen MR) is 65.1 cm³/mol. The molecule has 1 aromatic heterocycles. The van der Waals surface area contributed by atoms with Crippen LogP contribution in [0.15, 0.2) is 18.3 Å². The number of pyridine rings is 1. The summed E-state index contributed by atoms with van der Waals surface area (Å²) >= 11 is 0. The highest BCUT2D eigenvalue weighted by molar-refractivity contribution is 5.90. The predicted octanol–water partition coefficient (Wildman–Crippen LogP) is 1.85. The van der Waals surface area contributed by atoms with E-state index in [1.807, 2.05) is 19.1 Å². The van der Waals surface area contributed by atoms with Crippen LogP contribution in [0.3, 0.4) is 0 Å². The van der Waals surface area contributed by atoms with E-state index in [4.69, 9.17) is 5.73 Å². The zero-order valence-electron chi connectivity index (χ0n) is 9.70. The van der Waals surface area contributed by atoms with E-state index in [2.05, 4.69) is 10.3 Å². The van der Waals surface area contributed by atoms with Crippen LogP contribution >= 0.6 is 0 Å². The van der Waals surface area contributed by atoms with Gasteiger partial charge in [-0.2, -0.15) is 0 Å². The average molecular weight is 221 g/mol. The quantitative estimate of drug-likeness (QED) is 0.720. The molecular weight excluding hydrogens is 202 g/mol. The van der Waals surface area contributed by atoms with Crippen molar-refractivity contribution in [3.05, 3.63) is 24.0 Å². The number of nitrogens with zero attached hydrogens (tertiary/aromatic N) is 1. The normalized spacial score (nSPS) is 10.1. The minimum absolute atomic E-state index is 0.0441. The number of hydrogen-bond acceptors (Lipinski definition) is 3. The Morgan fingerprint density at radius 2 is 2.19 bits per heavy atom. The molecule has 88 valence electrons. The monoisotopic (exact) mass is 221 g/mol. The summed E-state index contributed by atoms with van der Waals surface area (Å²) in [5.41, 5.74) is 7.08. The van der Waals surface area contributed by atoms with Crippen molar-refractivity contribution in [1.82, 2.24) is 4.98 Å². The van der Waals surface area contributed by atoms with E-state index in [9.17, 15) is 4.79 Å². The van der Waals surface area contributed by atoms with E-state index < -0.39 is 0 Å². The molecular formula is C12H19N3O. The van der Waals surface area contributed by atoms with Crippen molar-refractivity contribution in [3.63, 3.8) is 0 Å². The van der Waals surface area contributed by atoms with Gasteiger partial charge in [-0.15, -0.1) is 0 Å². The smallest absolute Gasteiger partial charge is 0.224 e. The third-order valence-electron chi connectivity index (χ3n) is 2.30. The number of hydrogen-bond donors (Lipinski definition) is 2. The van der Waals surface area contributed by atoms with Crippen molar-refractivity contribution in [1.29, 1.82) is 0 Å². The fourth-order valence-electron chi connectivity index (χ4n) is 1.37. The molecule has 0 aliphatic carbocycles. The van der Waals surface area contributed by atoms with Crippen LogP contribution in [0.5, 0.6) is 0 Å². The first-order chi connectivity index (χ1) is 7.72. The molecule has 16 heavy (non-hydrogen) atoms. The molecule has 0 aliphatic heterocycles. The third-order valence-corrected chi connectivity index (χ3v) is 2.30. The van der Waals surface area contributed by atoms with Gasteiger partial charge in [0, 0.05) is 12.1 Å². The Kier molecular flexibility index (Phi) is 5.50. The van der Waals surface area contributed by atoms with Gasteiger partial charge in [0.2, 0.25) is 5.91 Å². The lowest BCUT2D eigenvalue weighted by Crippen LogP contribution is -2.11. The number of nitrogens with two attached hydrogens (primary N) is 1. The Morgan fingerprint density at radius 1 is 1.38 bits per heavy atom. The van der Waals surface area contributed by atoms with Gasteiger partial charge in [-0.1, -0.05) is 6.42 Å². The van der Waals surface area contributed by atoms with E-state index in [0.29, 0.717) is 13.0 Å². The summed E-state index contributed by atoms with van der Waals surface area (Å²) in [7, 11) is 0. The van der Waals surface area contributed by atoms with Crippen LogP contribution in [0, 0.1) is 6.92 Å². The van der Waals surface area contributed by atoms with E-state index >= 15 is 0 Å². The van der Waals surface area contributed by atoms with Crippen molar-refractivity contribution in [2.45, 2.75) is 32.6 Å². The molecule has 1 aromatic rings. The maximum Gasteiger partial charge on any atom is 0.224 e. The van der Waals surface area contributed by atoms with Crippen LogP contribution in [-0.2, 0) is 4.79 Å². The SMILES string of the molecule is Cc1ccc(NC(=O)CCCCCN)cn1. The highest BCUT2D eigenvalue weighted by Crippen LogP contribution is 2.07. The summed E-state index contributed by atoms with van der Waals surface area (Å²) in [6.45, 7) is 2.61. The highest BCUT2D eigenvalue weighted by atomic mass is 16.1. The average Bonchev–Trinajstić information content (AvgIpc) is 2.28. The number of anilines is 1. The van der Waals surface area contributed by atoms with E-state index in [1.165, 1.54) is 0 Å². The molecule has 4 heteroatoms. The van der Waals surface area contributed by atoms with Crippen LogP contribution < -0.4 is 11.1 Å². The number of amides is 1. The number of rotatable bonds is 6. The van der Waals surface area contributed by atoms with Gasteiger partial charge in [-0.05, 0) is 38.4 Å². The molecule has 1 heterocycles. The van der Waals surface area contributed by atoms with Crippen molar-refractivity contribution in [3.8, 4) is 0 Å². The molecule has 0 atom stereocenters. The molecule has 3 N–H and O–H groups in total. The molecule has 4 nitrogen and oxygen atoms in total. The summed E-state index contributed by atoms with van der Waals surface area (Å²) in [4.78, 5) is 15.6. The minimum Gasteiger partial charge on any atom is -0.330 e. The second-order valence-corrected chi connectivity index (χ2v) is 3.84. The molecule has 0 bridgehead atoms. The topological polar surface area (TPSA) is 68.0 Å². The first kappa shape index (κ1) is 12.6. The molecule has 0 spiro atoms. The standard InChI is InChI=1S/C12H19N3O/c1-10-6-7-11(9-14-10)15-12(16)5-3-2-4-8-13/h6-7,9H,2-5,8,13H2,1H3,(H,15,16). The molecule has 0 unspecified atom stereocenters. The molecule has 0 fully saturated rings. The van der Waals surface area contributed by atoms with Crippen molar-refractivity contribution < 1.29 is 4.79 Å². The lowest BCUT2D eigenvalue weighted by molar-refractivity contribution is -0.116.